The first-order chi connectivity index (χ1) is 5.91. The van der Waals surface area contributed by atoms with E-state index in [0.717, 1.165) is 5.56 Å². The van der Waals surface area contributed by atoms with E-state index >= 15 is 0 Å². The third-order valence-electron chi connectivity index (χ3n) is 2.14. The predicted octanol–water partition coefficient (Wildman–Crippen LogP) is 2.43. The molecule has 0 radical (unpaired) electrons. The van der Waals surface area contributed by atoms with E-state index in [9.17, 15) is 4.79 Å². The van der Waals surface area contributed by atoms with Crippen LogP contribution in [0.1, 0.15) is 17.3 Å². The van der Waals surface area contributed by atoms with E-state index in [2.05, 4.69) is 29.4 Å². The van der Waals surface area contributed by atoms with Crippen molar-refractivity contribution in [3.8, 4) is 0 Å². The van der Waals surface area contributed by atoms with Crippen molar-refractivity contribution in [3.63, 3.8) is 0 Å². The summed E-state index contributed by atoms with van der Waals surface area (Å²) in [7, 11) is 0. The molecule has 1 nitrogen and oxygen atoms in total. The van der Waals surface area contributed by atoms with Crippen molar-refractivity contribution in [3.05, 3.63) is 29.8 Å². The van der Waals surface area contributed by atoms with E-state index in [0.29, 0.717) is 0 Å². The molecule has 0 heterocycles. The fourth-order valence-electron chi connectivity index (χ4n) is 1.20. The fraction of sp³-hybridized carbons (Fsp3) is 0.364. The molecule has 0 bridgehead atoms. The Morgan fingerprint density at radius 1 is 1.23 bits per heavy atom. The van der Waals surface area contributed by atoms with Gasteiger partial charge in [0.1, 0.15) is 0 Å². The molecule has 0 saturated heterocycles. The van der Waals surface area contributed by atoms with Crippen LogP contribution in [0.4, 0.5) is 0 Å². The quantitative estimate of drug-likeness (QED) is 0.570. The van der Waals surface area contributed by atoms with Crippen molar-refractivity contribution >= 4 is 23.4 Å². The predicted molar refractivity (Wildman–Crippen MR) is 59.4 cm³/mol. The van der Waals surface area contributed by atoms with Crippen LogP contribution in [-0.2, 0) is 0 Å². The molecule has 0 saturated carbocycles. The summed E-state index contributed by atoms with van der Waals surface area (Å²) in [5, 5.41) is 0. The van der Waals surface area contributed by atoms with E-state index in [4.69, 9.17) is 0 Å². The van der Waals surface area contributed by atoms with Crippen LogP contribution < -0.4 is 4.40 Å². The number of Topliss-reactive ketones (excluding diaryl/α,β-unsaturated/α-hetero) is 1. The first-order valence-corrected chi connectivity index (χ1v) is 11.9. The van der Waals surface area contributed by atoms with Crippen molar-refractivity contribution in [1.29, 1.82) is 0 Å². The molecule has 0 aliphatic carbocycles. The second kappa shape index (κ2) is 3.66. The molecule has 0 spiro atoms. The van der Waals surface area contributed by atoms with Crippen LogP contribution in [0.5, 0.6) is 0 Å². The summed E-state index contributed by atoms with van der Waals surface area (Å²) in [4.78, 5) is 11.1. The minimum absolute atomic E-state index is 0.161. The van der Waals surface area contributed by atoms with Crippen LogP contribution in [0.25, 0.3) is 0 Å². The molecular weight excluding hydrogens is 221 g/mol. The third kappa shape index (κ3) is 2.69. The molecule has 13 heavy (non-hydrogen) atoms. The van der Waals surface area contributed by atoms with Crippen molar-refractivity contribution in [2.45, 2.75) is 24.2 Å². The van der Waals surface area contributed by atoms with Gasteiger partial charge in [-0.3, -0.25) is 0 Å². The van der Waals surface area contributed by atoms with Crippen LogP contribution in [0.15, 0.2) is 24.3 Å². The molecule has 0 aliphatic heterocycles. The van der Waals surface area contributed by atoms with E-state index in [1.165, 1.54) is 4.40 Å². The Labute approximate surface area is 82.5 Å². The zero-order valence-electron chi connectivity index (χ0n) is 8.72. The van der Waals surface area contributed by atoms with Gasteiger partial charge in [0.05, 0.1) is 0 Å². The molecule has 0 fully saturated rings. The number of ketones is 1. The number of carbonyl (C=O) groups excluding carboxylic acids is 1. The van der Waals surface area contributed by atoms with E-state index in [1.54, 1.807) is 6.92 Å². The molecule has 0 amide bonds. The molecule has 70 valence electrons. The Bertz CT molecular complexity index is 323. The third-order valence-corrected chi connectivity index (χ3v) is 6.42. The zero-order chi connectivity index (χ0) is 10.1. The van der Waals surface area contributed by atoms with Crippen LogP contribution >= 0.6 is 0 Å². The number of hydrogen-bond donors (Lipinski definition) is 0. The average molecular weight is 237 g/mol. The normalized spacial score (nSPS) is 11.4. The average Bonchev–Trinajstić information content (AvgIpc) is 2.03. The molecule has 1 aromatic rings. The van der Waals surface area contributed by atoms with Gasteiger partial charge in [0.2, 0.25) is 0 Å². The molecule has 2 heteroatoms. The summed E-state index contributed by atoms with van der Waals surface area (Å²) < 4.78 is 1.40. The summed E-state index contributed by atoms with van der Waals surface area (Å²) in [6.45, 7) is 1.62. The zero-order valence-corrected chi connectivity index (χ0v) is 10.8. The van der Waals surface area contributed by atoms with Crippen molar-refractivity contribution in [2.75, 3.05) is 0 Å². The van der Waals surface area contributed by atoms with Gasteiger partial charge in [-0.05, 0) is 0 Å². The number of benzene rings is 1. The molecule has 0 atom stereocenters. The number of rotatable bonds is 2. The molecule has 0 unspecified atom stereocenters. The van der Waals surface area contributed by atoms with Crippen molar-refractivity contribution in [2.24, 2.45) is 0 Å². The Morgan fingerprint density at radius 2 is 1.85 bits per heavy atom. The molecule has 1 rings (SSSR count). The monoisotopic (exact) mass is 238 g/mol. The minimum atomic E-state index is -1.75. The summed E-state index contributed by atoms with van der Waals surface area (Å²) in [6, 6.07) is 8.08. The van der Waals surface area contributed by atoms with Crippen LogP contribution in [0.2, 0.25) is 17.3 Å². The maximum absolute atomic E-state index is 11.1. The van der Waals surface area contributed by atoms with Gasteiger partial charge in [-0.2, -0.15) is 0 Å². The van der Waals surface area contributed by atoms with Gasteiger partial charge in [0, 0.05) is 0 Å². The fourth-order valence-corrected chi connectivity index (χ4v) is 3.69. The molecule has 0 aliphatic rings. The van der Waals surface area contributed by atoms with Crippen LogP contribution in [0, 0.1) is 0 Å². The van der Waals surface area contributed by atoms with Gasteiger partial charge in [-0.25, -0.2) is 0 Å². The van der Waals surface area contributed by atoms with Gasteiger partial charge >= 0.3 is 82.3 Å². The van der Waals surface area contributed by atoms with Gasteiger partial charge < -0.3 is 0 Å². The molecular formula is C11H16GeO. The van der Waals surface area contributed by atoms with Crippen LogP contribution in [-0.4, -0.2) is 19.0 Å². The standard InChI is InChI=1S/C11H16GeO/c1-9(13)10-6-5-7-11(8-10)12(2,3)4/h5-8H,1-4H3. The Morgan fingerprint density at radius 3 is 2.31 bits per heavy atom. The van der Waals surface area contributed by atoms with E-state index < -0.39 is 13.3 Å². The van der Waals surface area contributed by atoms with Gasteiger partial charge in [0.15, 0.2) is 0 Å². The summed E-state index contributed by atoms with van der Waals surface area (Å²) in [5.74, 6) is 7.16. The second-order valence-corrected chi connectivity index (χ2v) is 15.0. The molecule has 0 aromatic heterocycles. The van der Waals surface area contributed by atoms with Crippen LogP contribution in [0.3, 0.4) is 0 Å². The van der Waals surface area contributed by atoms with Gasteiger partial charge in [0.25, 0.3) is 0 Å². The first-order valence-electron chi connectivity index (χ1n) is 4.53. The SMILES string of the molecule is CC(=O)c1ccc[c]([Ge]([CH3])([CH3])[CH3])c1. The van der Waals surface area contributed by atoms with Gasteiger partial charge in [-0.15, -0.1) is 0 Å². The van der Waals surface area contributed by atoms with E-state index in [1.807, 2.05) is 12.1 Å². The Balaban J connectivity index is 3.13. The molecule has 0 N–H and O–H groups in total. The maximum atomic E-state index is 11.1. The Hall–Kier alpha value is -0.567. The van der Waals surface area contributed by atoms with Gasteiger partial charge in [-0.1, -0.05) is 0 Å². The number of hydrogen-bond acceptors (Lipinski definition) is 1. The van der Waals surface area contributed by atoms with E-state index in [-0.39, 0.29) is 5.78 Å². The summed E-state index contributed by atoms with van der Waals surface area (Å²) in [5.41, 5.74) is 0.845. The van der Waals surface area contributed by atoms with Crippen molar-refractivity contribution < 1.29 is 4.79 Å². The topological polar surface area (TPSA) is 17.1 Å². The van der Waals surface area contributed by atoms with Crippen molar-refractivity contribution in [1.82, 2.24) is 0 Å². The second-order valence-electron chi connectivity index (χ2n) is 4.39. The Kier molecular flexibility index (Phi) is 2.96. The summed E-state index contributed by atoms with van der Waals surface area (Å²) >= 11 is -1.75. The first kappa shape index (κ1) is 10.5. The molecule has 1 aromatic carbocycles. The summed E-state index contributed by atoms with van der Waals surface area (Å²) in [6.07, 6.45) is 0. The number of carbonyl (C=O) groups is 1.